The first-order valence-electron chi connectivity index (χ1n) is 25.5. The summed E-state index contributed by atoms with van der Waals surface area (Å²) in [5, 5.41) is 61.2. The minimum absolute atomic E-state index is 0.00208. The molecule has 1 aromatic carbocycles. The lowest BCUT2D eigenvalue weighted by Crippen LogP contribution is -2.61. The lowest BCUT2D eigenvalue weighted by atomic mass is 10.00. The highest BCUT2D eigenvalue weighted by Crippen LogP contribution is 2.20. The highest BCUT2D eigenvalue weighted by molar-refractivity contribution is 7.98. The summed E-state index contributed by atoms with van der Waals surface area (Å²) in [6, 6.07) is -6.33. The summed E-state index contributed by atoms with van der Waals surface area (Å²) in [7, 11) is 0. The third kappa shape index (κ3) is 24.4. The number of aromatic amines is 1. The summed E-state index contributed by atoms with van der Waals surface area (Å²) in [5.41, 5.74) is 12.5. The third-order valence-corrected chi connectivity index (χ3v) is 13.4. The molecule has 1 aromatic heterocycles. The fraction of sp³-hybridized carbons (Fsp3) is 0.592. The Morgan fingerprint density at radius 2 is 1.18 bits per heavy atom. The smallest absolute Gasteiger partial charge is 0.327 e. The number of nitrogens with one attached hydrogen (secondary N) is 10. The number of aromatic nitrogens is 1. The maximum Gasteiger partial charge on any atom is 0.327 e. The molecule has 0 saturated heterocycles. The van der Waals surface area contributed by atoms with Crippen LogP contribution < -0.4 is 59.3 Å². The largest absolute Gasteiger partial charge is 0.481 e. The van der Waals surface area contributed by atoms with Crippen LogP contribution in [0, 0.1) is 5.92 Å². The van der Waals surface area contributed by atoms with Gasteiger partial charge in [0.15, 0.2) is 0 Å². The molecular weight excluding hydrogens is 1110 g/mol. The standard InChI is InChI=1S/C49H76N12O16S3/c1-24(2)17-33(46(73)57-32(14-16-80-4)45(72)61-40(25(3)62)48(75)60-36(23-79)49(76)77)58-47(74)34(18-26-20-52-29-10-6-5-9-27(26)29)54-37(63)21-53-42(69)35(19-39(66)67)59-44(71)31(12-13-38(64)65)56-43(70)30(11-7-8-15-50)55-41(68)28(51)22-78/h5-6,9-10,20,24-25,28,30-36,40,52,62,78-79H,7-8,11-19,21-23,50-51H2,1-4H3,(H,53,69)(H,54,63)(H,55,68)(H,56,70)(H,57,73)(H,58,74)(H,59,71)(H,60,75)(H,61,72)(H,64,65)(H,66,67)(H,76,77)/t25-,28+,30+,31+,32+,33+,34+,35+,36+,40+/m1/s1. The summed E-state index contributed by atoms with van der Waals surface area (Å²) in [4.78, 5) is 161. The van der Waals surface area contributed by atoms with Crippen molar-refractivity contribution in [2.45, 2.75) is 139 Å². The van der Waals surface area contributed by atoms with Gasteiger partial charge in [-0.2, -0.15) is 37.0 Å². The zero-order chi connectivity index (χ0) is 60.2. The summed E-state index contributed by atoms with van der Waals surface area (Å²) in [6.45, 7) is 4.02. The molecule has 0 bridgehead atoms. The summed E-state index contributed by atoms with van der Waals surface area (Å²) in [6.07, 6.45) is 0.0972. The summed E-state index contributed by atoms with van der Waals surface area (Å²) >= 11 is 9.23. The second-order valence-electron chi connectivity index (χ2n) is 19.0. The van der Waals surface area contributed by atoms with Gasteiger partial charge in [-0.3, -0.25) is 52.7 Å². The van der Waals surface area contributed by atoms with Crippen LogP contribution in [0.5, 0.6) is 0 Å². The van der Waals surface area contributed by atoms with Crippen LogP contribution in [0.3, 0.4) is 0 Å². The number of thioether (sulfide) groups is 1. The van der Waals surface area contributed by atoms with Crippen LogP contribution in [0.25, 0.3) is 10.9 Å². The van der Waals surface area contributed by atoms with Gasteiger partial charge in [-0.25, -0.2) is 4.79 Å². The molecular formula is C49H76N12O16S3. The van der Waals surface area contributed by atoms with E-state index in [0.29, 0.717) is 35.1 Å². The first kappa shape index (κ1) is 69.4. The van der Waals surface area contributed by atoms with Gasteiger partial charge in [0, 0.05) is 41.4 Å². The Morgan fingerprint density at radius 1 is 0.625 bits per heavy atom. The molecule has 2 aromatic rings. The molecule has 2 rings (SSSR count). The fourth-order valence-corrected chi connectivity index (χ4v) is 8.60. The number of hydrogen-bond acceptors (Lipinski definition) is 18. The highest BCUT2D eigenvalue weighted by Gasteiger charge is 2.36. The van der Waals surface area contributed by atoms with Crippen molar-refractivity contribution in [2.75, 3.05) is 36.6 Å². The van der Waals surface area contributed by atoms with Crippen molar-refractivity contribution in [3.63, 3.8) is 0 Å². The van der Waals surface area contributed by atoms with Gasteiger partial charge < -0.3 is 84.7 Å². The molecule has 0 aliphatic carbocycles. The Morgan fingerprint density at radius 3 is 1.74 bits per heavy atom. The monoisotopic (exact) mass is 1180 g/mol. The van der Waals surface area contributed by atoms with Gasteiger partial charge in [0.1, 0.15) is 48.3 Å². The van der Waals surface area contributed by atoms with Gasteiger partial charge in [0.25, 0.3) is 0 Å². The van der Waals surface area contributed by atoms with E-state index >= 15 is 0 Å². The Kier molecular flexibility index (Phi) is 31.1. The van der Waals surface area contributed by atoms with Crippen LogP contribution in [-0.2, 0) is 64.0 Å². The van der Waals surface area contributed by atoms with Crippen LogP contribution >= 0.6 is 37.0 Å². The molecule has 28 nitrogen and oxygen atoms in total. The van der Waals surface area contributed by atoms with E-state index in [-0.39, 0.29) is 49.7 Å². The summed E-state index contributed by atoms with van der Waals surface area (Å²) < 4.78 is 0. The number of H-pyrrole nitrogens is 1. The molecule has 10 atom stereocenters. The number of benzene rings is 1. The molecule has 80 heavy (non-hydrogen) atoms. The number of hydrogen-bond donors (Lipinski definition) is 18. The number of carboxylic acids is 3. The van der Waals surface area contributed by atoms with Crippen LogP contribution in [0.1, 0.15) is 77.7 Å². The van der Waals surface area contributed by atoms with E-state index in [0.717, 1.165) is 0 Å². The van der Waals surface area contributed by atoms with E-state index in [2.05, 4.69) is 78.1 Å². The van der Waals surface area contributed by atoms with Crippen molar-refractivity contribution < 1.29 is 78.0 Å². The van der Waals surface area contributed by atoms with Crippen molar-refractivity contribution in [1.82, 2.24) is 52.8 Å². The molecule has 0 fully saturated rings. The van der Waals surface area contributed by atoms with Gasteiger partial charge in [-0.05, 0) is 81.5 Å². The van der Waals surface area contributed by atoms with Crippen LogP contribution in [0.2, 0.25) is 0 Å². The second-order valence-corrected chi connectivity index (χ2v) is 20.7. The number of aliphatic hydroxyl groups excluding tert-OH is 1. The first-order valence-corrected chi connectivity index (χ1v) is 28.2. The Hall–Kier alpha value is -6.67. The number of rotatable bonds is 38. The highest BCUT2D eigenvalue weighted by atomic mass is 32.2. The zero-order valence-electron chi connectivity index (χ0n) is 44.8. The first-order chi connectivity index (χ1) is 37.8. The number of thiol groups is 2. The maximum absolute atomic E-state index is 14.4. The minimum atomic E-state index is -1.93. The normalized spacial score (nSPS) is 14.9. The second kappa shape index (κ2) is 35.8. The fourth-order valence-electron chi connectivity index (χ4n) is 7.71. The molecule has 0 radical (unpaired) electrons. The van der Waals surface area contributed by atoms with E-state index in [1.807, 2.05) is 0 Å². The van der Waals surface area contributed by atoms with Crippen LogP contribution in [-0.4, -0.2) is 194 Å². The number of carbonyl (C=O) groups is 12. The minimum Gasteiger partial charge on any atom is -0.481 e. The van der Waals surface area contributed by atoms with Crippen LogP contribution in [0.15, 0.2) is 30.5 Å². The van der Waals surface area contributed by atoms with Crippen molar-refractivity contribution >= 4 is 119 Å². The lowest BCUT2D eigenvalue weighted by Gasteiger charge is -2.28. The number of carboxylic acid groups (broad SMARTS) is 3. The van der Waals surface area contributed by atoms with Gasteiger partial charge in [-0.1, -0.05) is 32.0 Å². The number of para-hydroxylation sites is 1. The molecule has 9 amide bonds. The van der Waals surface area contributed by atoms with Crippen molar-refractivity contribution in [3.05, 3.63) is 36.0 Å². The molecule has 0 aliphatic heterocycles. The lowest BCUT2D eigenvalue weighted by molar-refractivity contribution is -0.142. The molecule has 18 N–H and O–H groups in total. The number of aliphatic hydroxyl groups is 1. The SMILES string of the molecule is CSCC[C@H](NC(=O)[C@H](CC(C)C)NC(=O)[C@H](Cc1c[nH]c2ccccc12)NC(=O)CNC(=O)[C@H](CC(=O)O)NC(=O)[C@H](CCC(=O)O)NC(=O)[C@H](CCCCN)NC(=O)[C@@H](N)CS)C(=O)N[C@H](C(=O)N[C@@H](CS)C(=O)O)[C@@H](C)O. The topological polar surface area (TPSA) is 462 Å². The Bertz CT molecular complexity index is 2470. The van der Waals surface area contributed by atoms with E-state index in [1.54, 1.807) is 50.6 Å². The van der Waals surface area contributed by atoms with Crippen molar-refractivity contribution in [2.24, 2.45) is 17.4 Å². The number of fused-ring (bicyclic) bond motifs is 1. The molecule has 446 valence electrons. The quantitative estimate of drug-likeness (QED) is 0.0230. The van der Waals surface area contributed by atoms with Crippen molar-refractivity contribution in [1.29, 1.82) is 0 Å². The van der Waals surface area contributed by atoms with Gasteiger partial charge in [-0.15, -0.1) is 0 Å². The predicted molar refractivity (Wildman–Crippen MR) is 300 cm³/mol. The average molecular weight is 1190 g/mol. The van der Waals surface area contributed by atoms with Gasteiger partial charge in [0.05, 0.1) is 25.1 Å². The molecule has 0 spiro atoms. The molecule has 0 aliphatic rings. The molecule has 0 unspecified atom stereocenters. The third-order valence-electron chi connectivity index (χ3n) is 12.0. The van der Waals surface area contributed by atoms with Crippen molar-refractivity contribution in [3.8, 4) is 0 Å². The Balaban J connectivity index is 2.42. The van der Waals surface area contributed by atoms with E-state index in [9.17, 15) is 78.0 Å². The number of nitrogens with two attached hydrogens (primary N) is 2. The van der Waals surface area contributed by atoms with E-state index < -0.39 is 157 Å². The number of amides is 9. The molecule has 1 heterocycles. The van der Waals surface area contributed by atoms with Gasteiger partial charge >= 0.3 is 17.9 Å². The van der Waals surface area contributed by atoms with E-state index in [1.165, 1.54) is 18.7 Å². The molecule has 0 saturated carbocycles. The maximum atomic E-state index is 14.4. The number of unbranched alkanes of at least 4 members (excludes halogenated alkanes) is 1. The van der Waals surface area contributed by atoms with E-state index in [4.69, 9.17) is 11.5 Å². The Labute approximate surface area is 476 Å². The average Bonchev–Trinajstić information content (AvgIpc) is 3.81. The van der Waals surface area contributed by atoms with Gasteiger partial charge in [0.2, 0.25) is 53.2 Å². The zero-order valence-corrected chi connectivity index (χ0v) is 47.4. The summed E-state index contributed by atoms with van der Waals surface area (Å²) in [5.74, 6) is -13.5. The number of aliphatic carboxylic acids is 3. The number of carbonyl (C=O) groups excluding carboxylic acids is 9. The predicted octanol–water partition coefficient (Wildman–Crippen LogP) is -3.38. The molecule has 31 heteroatoms. The van der Waals surface area contributed by atoms with Crippen LogP contribution in [0.4, 0.5) is 0 Å².